The van der Waals surface area contributed by atoms with Crippen molar-refractivity contribution in [3.63, 3.8) is 0 Å². The van der Waals surface area contributed by atoms with E-state index in [-0.39, 0.29) is 24.4 Å². The fourth-order valence-corrected chi connectivity index (χ4v) is 3.05. The van der Waals surface area contributed by atoms with Crippen molar-refractivity contribution >= 4 is 18.3 Å². The number of likely N-dealkylation sites (tertiary alicyclic amines) is 1. The van der Waals surface area contributed by atoms with Crippen LogP contribution in [0.3, 0.4) is 0 Å². The molecule has 3 nitrogen and oxygen atoms in total. The summed E-state index contributed by atoms with van der Waals surface area (Å²) in [5.41, 5.74) is 8.28. The molecule has 1 fully saturated rings. The molecular formula is C18H29ClN2O. The van der Waals surface area contributed by atoms with E-state index in [0.29, 0.717) is 13.0 Å². The average Bonchev–Trinajstić information content (AvgIpc) is 2.54. The summed E-state index contributed by atoms with van der Waals surface area (Å²) >= 11 is 0. The number of halogens is 1. The van der Waals surface area contributed by atoms with Crippen LogP contribution < -0.4 is 5.73 Å². The zero-order valence-electron chi connectivity index (χ0n) is 13.6. The number of aryl methyl sites for hydroxylation is 1. The number of hydrogen-bond donors (Lipinski definition) is 1. The third-order valence-corrected chi connectivity index (χ3v) is 4.42. The molecule has 1 aliphatic rings. The van der Waals surface area contributed by atoms with Crippen molar-refractivity contribution < 1.29 is 4.79 Å². The van der Waals surface area contributed by atoms with Crippen molar-refractivity contribution in [3.8, 4) is 0 Å². The molecule has 1 aromatic carbocycles. The fraction of sp³-hybridized carbons (Fsp3) is 0.611. The van der Waals surface area contributed by atoms with Crippen molar-refractivity contribution in [1.82, 2.24) is 4.90 Å². The number of nitrogens with zero attached hydrogens (tertiary/aromatic N) is 1. The first-order chi connectivity index (χ1) is 10.2. The maximum absolute atomic E-state index is 12.5. The Balaban J connectivity index is 0.00000242. The molecule has 2 N–H and O–H groups in total. The molecule has 1 saturated heterocycles. The maximum Gasteiger partial charge on any atom is 0.227 e. The van der Waals surface area contributed by atoms with Crippen LogP contribution in [0.5, 0.6) is 0 Å². The molecule has 0 aromatic heterocycles. The Kier molecular flexibility index (Phi) is 8.51. The number of hydrogen-bond acceptors (Lipinski definition) is 2. The van der Waals surface area contributed by atoms with E-state index in [0.717, 1.165) is 31.4 Å². The zero-order valence-corrected chi connectivity index (χ0v) is 14.4. The van der Waals surface area contributed by atoms with Crippen molar-refractivity contribution in [2.75, 3.05) is 13.1 Å². The monoisotopic (exact) mass is 324 g/mol. The summed E-state index contributed by atoms with van der Waals surface area (Å²) in [6.07, 6.45) is 7.44. The van der Waals surface area contributed by atoms with Crippen molar-refractivity contribution in [1.29, 1.82) is 0 Å². The Bertz CT molecular complexity index is 447. The summed E-state index contributed by atoms with van der Waals surface area (Å²) < 4.78 is 0. The smallest absolute Gasteiger partial charge is 0.227 e. The molecule has 0 saturated carbocycles. The number of nitrogens with two attached hydrogens (primary N) is 1. The summed E-state index contributed by atoms with van der Waals surface area (Å²) in [5.74, 6) is 0.228. The third-order valence-electron chi connectivity index (χ3n) is 4.42. The van der Waals surface area contributed by atoms with Crippen molar-refractivity contribution in [3.05, 3.63) is 35.4 Å². The fourth-order valence-electron chi connectivity index (χ4n) is 3.05. The molecule has 1 amide bonds. The van der Waals surface area contributed by atoms with E-state index in [1.54, 1.807) is 0 Å². The largest absolute Gasteiger partial charge is 0.338 e. The summed E-state index contributed by atoms with van der Waals surface area (Å²) in [4.78, 5) is 14.5. The van der Waals surface area contributed by atoms with E-state index >= 15 is 0 Å². The van der Waals surface area contributed by atoms with Gasteiger partial charge in [0.05, 0.1) is 6.42 Å². The minimum Gasteiger partial charge on any atom is -0.338 e. The van der Waals surface area contributed by atoms with Crippen LogP contribution in [0.1, 0.15) is 50.2 Å². The van der Waals surface area contributed by atoms with Gasteiger partial charge in [0.1, 0.15) is 0 Å². The second kappa shape index (κ2) is 9.86. The molecule has 1 unspecified atom stereocenters. The summed E-state index contributed by atoms with van der Waals surface area (Å²) in [6, 6.07) is 8.77. The standard InChI is InChI=1S/C18H28N2O.ClH/c1-2-3-6-15-8-10-16(11-9-15)13-18(21)20-12-5-4-7-17(20)14-19;/h8-11,17H,2-7,12-14,19H2,1H3;1H. The quantitative estimate of drug-likeness (QED) is 0.872. The van der Waals surface area contributed by atoms with Gasteiger partial charge in [-0.05, 0) is 43.2 Å². The van der Waals surface area contributed by atoms with Gasteiger partial charge >= 0.3 is 0 Å². The Hall–Kier alpha value is -1.06. The molecule has 1 atom stereocenters. The number of carbonyl (C=O) groups is 1. The van der Waals surface area contributed by atoms with Gasteiger partial charge < -0.3 is 10.6 Å². The SMILES string of the molecule is CCCCc1ccc(CC(=O)N2CCCCC2CN)cc1.Cl. The normalized spacial score (nSPS) is 17.9. The highest BCUT2D eigenvalue weighted by Crippen LogP contribution is 2.18. The van der Waals surface area contributed by atoms with E-state index in [2.05, 4.69) is 31.2 Å². The molecule has 0 bridgehead atoms. The predicted molar refractivity (Wildman–Crippen MR) is 94.4 cm³/mol. The Morgan fingerprint density at radius 1 is 1.23 bits per heavy atom. The molecule has 0 spiro atoms. The van der Waals surface area contributed by atoms with E-state index in [1.165, 1.54) is 24.8 Å². The van der Waals surface area contributed by atoms with Gasteiger partial charge in [-0.3, -0.25) is 4.79 Å². The molecular weight excluding hydrogens is 296 g/mol. The van der Waals surface area contributed by atoms with Crippen LogP contribution >= 0.6 is 12.4 Å². The molecule has 22 heavy (non-hydrogen) atoms. The number of rotatable bonds is 6. The van der Waals surface area contributed by atoms with Gasteiger partial charge in [0, 0.05) is 19.1 Å². The van der Waals surface area contributed by atoms with Crippen LogP contribution in [-0.2, 0) is 17.6 Å². The lowest BCUT2D eigenvalue weighted by molar-refractivity contribution is -0.133. The van der Waals surface area contributed by atoms with Gasteiger partial charge in [0.2, 0.25) is 5.91 Å². The summed E-state index contributed by atoms with van der Waals surface area (Å²) in [7, 11) is 0. The summed E-state index contributed by atoms with van der Waals surface area (Å²) in [6.45, 7) is 3.66. The van der Waals surface area contributed by atoms with Crippen LogP contribution in [0.25, 0.3) is 0 Å². The molecule has 1 heterocycles. The number of benzene rings is 1. The second-order valence-corrected chi connectivity index (χ2v) is 6.07. The lowest BCUT2D eigenvalue weighted by Gasteiger charge is -2.35. The molecule has 1 aliphatic heterocycles. The van der Waals surface area contributed by atoms with E-state index in [9.17, 15) is 4.79 Å². The van der Waals surface area contributed by atoms with Crippen LogP contribution in [-0.4, -0.2) is 29.9 Å². The van der Waals surface area contributed by atoms with E-state index < -0.39 is 0 Å². The van der Waals surface area contributed by atoms with Crippen molar-refractivity contribution in [2.24, 2.45) is 5.73 Å². The highest BCUT2D eigenvalue weighted by atomic mass is 35.5. The first-order valence-corrected chi connectivity index (χ1v) is 8.32. The van der Waals surface area contributed by atoms with Crippen LogP contribution in [0.2, 0.25) is 0 Å². The molecule has 124 valence electrons. The summed E-state index contributed by atoms with van der Waals surface area (Å²) in [5, 5.41) is 0. The van der Waals surface area contributed by atoms with E-state index in [1.807, 2.05) is 4.90 Å². The molecule has 4 heteroatoms. The Labute approximate surface area is 140 Å². The van der Waals surface area contributed by atoms with Crippen LogP contribution in [0, 0.1) is 0 Å². The number of piperidine rings is 1. The zero-order chi connectivity index (χ0) is 15.1. The maximum atomic E-state index is 12.5. The van der Waals surface area contributed by atoms with Crippen molar-refractivity contribution in [2.45, 2.75) is 57.9 Å². The van der Waals surface area contributed by atoms with Gasteiger partial charge in [0.25, 0.3) is 0 Å². The molecule has 0 radical (unpaired) electrons. The first-order valence-electron chi connectivity index (χ1n) is 8.32. The molecule has 1 aromatic rings. The second-order valence-electron chi connectivity index (χ2n) is 6.07. The Morgan fingerprint density at radius 2 is 1.91 bits per heavy atom. The lowest BCUT2D eigenvalue weighted by atomic mass is 10.00. The number of carbonyl (C=O) groups excluding carboxylic acids is 1. The lowest BCUT2D eigenvalue weighted by Crippen LogP contribution is -2.48. The average molecular weight is 325 g/mol. The predicted octanol–water partition coefficient (Wildman–Crippen LogP) is 3.33. The van der Waals surface area contributed by atoms with Gasteiger partial charge in [0.15, 0.2) is 0 Å². The minimum atomic E-state index is 0. The van der Waals surface area contributed by atoms with Gasteiger partial charge in [-0.15, -0.1) is 12.4 Å². The first kappa shape index (κ1) is 19.0. The van der Waals surface area contributed by atoms with Crippen LogP contribution in [0.4, 0.5) is 0 Å². The van der Waals surface area contributed by atoms with Gasteiger partial charge in [-0.25, -0.2) is 0 Å². The highest BCUT2D eigenvalue weighted by molar-refractivity contribution is 5.85. The van der Waals surface area contributed by atoms with E-state index in [4.69, 9.17) is 5.73 Å². The molecule has 0 aliphatic carbocycles. The third kappa shape index (κ3) is 5.29. The van der Waals surface area contributed by atoms with Gasteiger partial charge in [-0.1, -0.05) is 37.6 Å². The highest BCUT2D eigenvalue weighted by Gasteiger charge is 2.25. The number of unbranched alkanes of at least 4 members (excludes halogenated alkanes) is 1. The molecule has 2 rings (SSSR count). The van der Waals surface area contributed by atoms with Gasteiger partial charge in [-0.2, -0.15) is 0 Å². The Morgan fingerprint density at radius 3 is 2.55 bits per heavy atom. The minimum absolute atomic E-state index is 0. The topological polar surface area (TPSA) is 46.3 Å². The van der Waals surface area contributed by atoms with Crippen LogP contribution in [0.15, 0.2) is 24.3 Å². The number of amides is 1.